The molecule has 6 heteroatoms. The van der Waals surface area contributed by atoms with Gasteiger partial charge in [0.15, 0.2) is 0 Å². The van der Waals surface area contributed by atoms with E-state index in [2.05, 4.69) is 9.97 Å². The molecular formula is C6H3N3O3. The van der Waals surface area contributed by atoms with Crippen LogP contribution < -0.4 is 0 Å². The zero-order valence-electron chi connectivity index (χ0n) is 5.80. The van der Waals surface area contributed by atoms with E-state index in [9.17, 15) is 10.1 Å². The fourth-order valence-corrected chi connectivity index (χ4v) is 0.836. The van der Waals surface area contributed by atoms with Crippen LogP contribution in [0.15, 0.2) is 22.7 Å². The Kier molecular flexibility index (Phi) is 1.26. The Morgan fingerprint density at radius 2 is 2.42 bits per heavy atom. The monoisotopic (exact) mass is 165 g/mol. The van der Waals surface area contributed by atoms with Gasteiger partial charge in [-0.2, -0.15) is 0 Å². The van der Waals surface area contributed by atoms with E-state index in [1.165, 1.54) is 6.20 Å². The largest absolute Gasteiger partial charge is 0.548 e. The Bertz CT molecular complexity index is 403. The molecule has 0 radical (unpaired) electrons. The minimum atomic E-state index is -0.693. The van der Waals surface area contributed by atoms with Crippen molar-refractivity contribution >= 4 is 17.2 Å². The van der Waals surface area contributed by atoms with Gasteiger partial charge < -0.3 is 14.5 Å². The summed E-state index contributed by atoms with van der Waals surface area (Å²) in [7, 11) is 0. The van der Waals surface area contributed by atoms with E-state index in [1.54, 1.807) is 12.1 Å². The molecule has 0 N–H and O–H groups in total. The van der Waals surface area contributed by atoms with Crippen LogP contribution in [0.2, 0.25) is 0 Å². The predicted octanol–water partition coefficient (Wildman–Crippen LogP) is 1.13. The lowest BCUT2D eigenvalue weighted by atomic mass is 10.5. The van der Waals surface area contributed by atoms with E-state index >= 15 is 0 Å². The Hall–Kier alpha value is -1.98. The lowest BCUT2D eigenvalue weighted by molar-refractivity contribution is -0.406. The van der Waals surface area contributed by atoms with Crippen LogP contribution in [-0.2, 0) is 0 Å². The molecule has 0 aliphatic rings. The smallest absolute Gasteiger partial charge is 0.362 e. The third kappa shape index (κ3) is 0.895. The van der Waals surface area contributed by atoms with Crippen molar-refractivity contribution < 1.29 is 9.34 Å². The summed E-state index contributed by atoms with van der Waals surface area (Å²) in [6.45, 7) is 0. The molecule has 2 rings (SSSR count). The van der Waals surface area contributed by atoms with Crippen LogP contribution in [0.25, 0.3) is 11.2 Å². The highest BCUT2D eigenvalue weighted by atomic mass is 16.7. The van der Waals surface area contributed by atoms with Crippen LogP contribution in [0.5, 0.6) is 0 Å². The van der Waals surface area contributed by atoms with Gasteiger partial charge in [0.1, 0.15) is 0 Å². The van der Waals surface area contributed by atoms with Gasteiger partial charge in [0.05, 0.1) is 0 Å². The number of oxazole rings is 1. The molecule has 0 unspecified atom stereocenters. The van der Waals surface area contributed by atoms with E-state index in [1.807, 2.05) is 0 Å². The van der Waals surface area contributed by atoms with Crippen molar-refractivity contribution in [1.29, 1.82) is 0 Å². The topological polar surface area (TPSA) is 82.1 Å². The van der Waals surface area contributed by atoms with Crippen LogP contribution >= 0.6 is 0 Å². The van der Waals surface area contributed by atoms with Crippen molar-refractivity contribution in [3.8, 4) is 0 Å². The number of nitro groups is 1. The number of hydrogen-bond donors (Lipinski definition) is 0. The number of hydrogen-bond acceptors (Lipinski definition) is 5. The normalized spacial score (nSPS) is 10.3. The molecule has 0 fully saturated rings. The van der Waals surface area contributed by atoms with Crippen LogP contribution in [0, 0.1) is 10.1 Å². The van der Waals surface area contributed by atoms with E-state index in [4.69, 9.17) is 4.42 Å². The van der Waals surface area contributed by atoms with Crippen molar-refractivity contribution in [2.75, 3.05) is 0 Å². The maximum Gasteiger partial charge on any atom is 0.548 e. The second-order valence-electron chi connectivity index (χ2n) is 2.08. The van der Waals surface area contributed by atoms with Crippen molar-refractivity contribution in [1.82, 2.24) is 9.97 Å². The lowest BCUT2D eigenvalue weighted by Gasteiger charge is -1.80. The molecule has 0 saturated carbocycles. The summed E-state index contributed by atoms with van der Waals surface area (Å²) in [6.07, 6.45) is 1.48. The van der Waals surface area contributed by atoms with E-state index < -0.39 is 10.9 Å². The molecule has 0 aliphatic heterocycles. The predicted molar refractivity (Wildman–Crippen MR) is 38.5 cm³/mol. The zero-order valence-corrected chi connectivity index (χ0v) is 5.80. The highest BCUT2D eigenvalue weighted by molar-refractivity contribution is 5.68. The van der Waals surface area contributed by atoms with Gasteiger partial charge in [-0.3, -0.25) is 0 Å². The maximum atomic E-state index is 10.2. The molecule has 0 atom stereocenters. The number of aromatic nitrogens is 2. The second-order valence-corrected chi connectivity index (χ2v) is 2.08. The average Bonchev–Trinajstić information content (AvgIpc) is 2.46. The van der Waals surface area contributed by atoms with Gasteiger partial charge in [0.25, 0.3) is 5.71 Å². The Labute approximate surface area is 66.0 Å². The molecule has 2 heterocycles. The van der Waals surface area contributed by atoms with Gasteiger partial charge >= 0.3 is 6.01 Å². The summed E-state index contributed by atoms with van der Waals surface area (Å²) in [5.74, 6) is 0. The molecule has 12 heavy (non-hydrogen) atoms. The third-order valence-electron chi connectivity index (χ3n) is 1.31. The number of nitrogens with zero attached hydrogens (tertiary/aromatic N) is 3. The second kappa shape index (κ2) is 2.26. The molecule has 0 aliphatic carbocycles. The summed E-state index contributed by atoms with van der Waals surface area (Å²) >= 11 is 0. The highest BCUT2D eigenvalue weighted by Crippen LogP contribution is 2.16. The Morgan fingerprint density at radius 1 is 1.58 bits per heavy atom. The first-order chi connectivity index (χ1) is 5.77. The van der Waals surface area contributed by atoms with Gasteiger partial charge in [0, 0.05) is 16.1 Å². The lowest BCUT2D eigenvalue weighted by Crippen LogP contribution is -1.85. The number of fused-ring (bicyclic) bond motifs is 1. The molecular weight excluding hydrogens is 162 g/mol. The first-order valence-electron chi connectivity index (χ1n) is 3.13. The third-order valence-corrected chi connectivity index (χ3v) is 1.31. The van der Waals surface area contributed by atoms with Crippen molar-refractivity contribution in [3.63, 3.8) is 0 Å². The van der Waals surface area contributed by atoms with Crippen molar-refractivity contribution in [3.05, 3.63) is 28.4 Å². The molecule has 0 aromatic carbocycles. The van der Waals surface area contributed by atoms with Crippen molar-refractivity contribution in [2.24, 2.45) is 0 Å². The zero-order chi connectivity index (χ0) is 8.55. The van der Waals surface area contributed by atoms with Gasteiger partial charge in [-0.1, -0.05) is 0 Å². The van der Waals surface area contributed by atoms with Crippen LogP contribution in [0.1, 0.15) is 0 Å². The summed E-state index contributed by atoms with van der Waals surface area (Å²) in [6, 6.07) is 2.71. The molecule has 0 spiro atoms. The molecule has 0 bridgehead atoms. The number of rotatable bonds is 1. The van der Waals surface area contributed by atoms with E-state index in [0.717, 1.165) is 0 Å². The molecule has 0 amide bonds. The first kappa shape index (κ1) is 6.71. The molecule has 60 valence electrons. The fourth-order valence-electron chi connectivity index (χ4n) is 0.836. The van der Waals surface area contributed by atoms with Gasteiger partial charge in [0.2, 0.25) is 5.52 Å². The molecule has 2 aromatic rings. The Balaban J connectivity index is 2.70. The van der Waals surface area contributed by atoms with E-state index in [-0.39, 0.29) is 5.71 Å². The first-order valence-corrected chi connectivity index (χ1v) is 3.13. The summed E-state index contributed by atoms with van der Waals surface area (Å²) in [4.78, 5) is 16.8. The van der Waals surface area contributed by atoms with E-state index in [0.29, 0.717) is 5.52 Å². The number of pyridine rings is 1. The molecule has 2 aromatic heterocycles. The van der Waals surface area contributed by atoms with Crippen LogP contribution in [0.3, 0.4) is 0 Å². The summed E-state index contributed by atoms with van der Waals surface area (Å²) < 4.78 is 4.71. The van der Waals surface area contributed by atoms with Crippen LogP contribution in [-0.4, -0.2) is 14.9 Å². The quantitative estimate of drug-likeness (QED) is 0.467. The van der Waals surface area contributed by atoms with Gasteiger partial charge in [-0.25, -0.2) is 4.98 Å². The van der Waals surface area contributed by atoms with Gasteiger partial charge in [-0.05, 0) is 12.1 Å². The standard InChI is InChI=1S/C6H3N3O3/c10-9(11)6-8-4-2-1-3-7-5(4)12-6/h1-3H. The SMILES string of the molecule is O=[N+]([O-])c1nc2cccnc2o1. The molecule has 6 nitrogen and oxygen atoms in total. The summed E-state index contributed by atoms with van der Waals surface area (Å²) in [5, 5.41) is 10.2. The van der Waals surface area contributed by atoms with Crippen LogP contribution in [0.4, 0.5) is 6.01 Å². The molecule has 0 saturated heterocycles. The minimum Gasteiger partial charge on any atom is -0.362 e. The fraction of sp³-hybridized carbons (Fsp3) is 0. The van der Waals surface area contributed by atoms with Gasteiger partial charge in [-0.15, -0.1) is 0 Å². The van der Waals surface area contributed by atoms with Crippen molar-refractivity contribution in [2.45, 2.75) is 0 Å². The highest BCUT2D eigenvalue weighted by Gasteiger charge is 2.17. The Morgan fingerprint density at radius 3 is 3.08 bits per heavy atom. The summed E-state index contributed by atoms with van der Waals surface area (Å²) in [5.41, 5.74) is 0.577. The minimum absolute atomic E-state index is 0.184. The average molecular weight is 165 g/mol. The maximum absolute atomic E-state index is 10.2.